The second kappa shape index (κ2) is 5.42. The third kappa shape index (κ3) is 3.03. The summed E-state index contributed by atoms with van der Waals surface area (Å²) in [4.78, 5) is 12.4. The van der Waals surface area contributed by atoms with Gasteiger partial charge in [0.25, 0.3) is 0 Å². The summed E-state index contributed by atoms with van der Waals surface area (Å²) in [5, 5.41) is 9.47. The Kier molecular flexibility index (Phi) is 4.12. The van der Waals surface area contributed by atoms with E-state index in [0.29, 0.717) is 16.2 Å². The molecule has 0 bridgehead atoms. The van der Waals surface area contributed by atoms with Crippen molar-refractivity contribution in [2.75, 3.05) is 6.61 Å². The number of aryl methyl sites for hydroxylation is 1. The van der Waals surface area contributed by atoms with Gasteiger partial charge in [-0.3, -0.25) is 0 Å². The van der Waals surface area contributed by atoms with Gasteiger partial charge in [-0.15, -0.1) is 11.3 Å². The van der Waals surface area contributed by atoms with E-state index in [0.717, 1.165) is 29.2 Å². The van der Waals surface area contributed by atoms with Gasteiger partial charge in [-0.2, -0.15) is 11.8 Å². The molecule has 3 nitrogen and oxygen atoms in total. The van der Waals surface area contributed by atoms with E-state index in [4.69, 9.17) is 9.84 Å². The largest absolute Gasteiger partial charge is 0.477 e. The highest BCUT2D eigenvalue weighted by molar-refractivity contribution is 7.99. The highest BCUT2D eigenvalue weighted by atomic mass is 32.2. The first-order chi connectivity index (χ1) is 8.08. The number of ether oxygens (including phenoxy) is 1. The molecule has 1 fully saturated rings. The lowest BCUT2D eigenvalue weighted by atomic mass is 10.2. The van der Waals surface area contributed by atoms with Crippen molar-refractivity contribution in [2.45, 2.75) is 37.4 Å². The van der Waals surface area contributed by atoms with Gasteiger partial charge in [-0.1, -0.05) is 0 Å². The number of thioether (sulfide) groups is 1. The number of carboxylic acids is 1. The van der Waals surface area contributed by atoms with Gasteiger partial charge < -0.3 is 9.84 Å². The fourth-order valence-corrected chi connectivity index (χ4v) is 4.17. The summed E-state index contributed by atoms with van der Waals surface area (Å²) in [5.74, 6) is 0.0560. The first-order valence-corrected chi connectivity index (χ1v) is 7.50. The molecule has 1 aromatic rings. The molecule has 0 aliphatic carbocycles. The van der Waals surface area contributed by atoms with E-state index < -0.39 is 5.97 Å². The van der Waals surface area contributed by atoms with Gasteiger partial charge in [0.05, 0.1) is 6.10 Å². The predicted molar refractivity (Wildman–Crippen MR) is 71.1 cm³/mol. The Morgan fingerprint density at radius 3 is 3.00 bits per heavy atom. The molecule has 1 aliphatic heterocycles. The van der Waals surface area contributed by atoms with Gasteiger partial charge in [0.2, 0.25) is 0 Å². The summed E-state index contributed by atoms with van der Waals surface area (Å²) < 4.78 is 5.52. The van der Waals surface area contributed by atoms with Crippen molar-refractivity contribution in [3.8, 4) is 0 Å². The van der Waals surface area contributed by atoms with Crippen molar-refractivity contribution >= 4 is 29.1 Å². The van der Waals surface area contributed by atoms with Crippen LogP contribution in [-0.4, -0.2) is 29.0 Å². The van der Waals surface area contributed by atoms with Crippen LogP contribution in [-0.2, 0) is 10.5 Å². The van der Waals surface area contributed by atoms with E-state index in [2.05, 4.69) is 6.92 Å². The molecule has 17 heavy (non-hydrogen) atoms. The van der Waals surface area contributed by atoms with E-state index >= 15 is 0 Å². The van der Waals surface area contributed by atoms with Crippen molar-refractivity contribution in [3.05, 3.63) is 21.4 Å². The summed E-state index contributed by atoms with van der Waals surface area (Å²) in [6.45, 7) is 4.94. The second-order valence-electron chi connectivity index (χ2n) is 4.21. The first-order valence-electron chi connectivity index (χ1n) is 5.63. The highest BCUT2D eigenvalue weighted by Crippen LogP contribution is 2.32. The SMILES string of the molecule is Cc1sc(C(=O)O)cc1CSC1CCOC1C. The van der Waals surface area contributed by atoms with Crippen LogP contribution in [0.2, 0.25) is 0 Å². The van der Waals surface area contributed by atoms with Crippen LogP contribution in [0, 0.1) is 6.92 Å². The van der Waals surface area contributed by atoms with Gasteiger partial charge in [-0.05, 0) is 31.9 Å². The van der Waals surface area contributed by atoms with E-state index in [-0.39, 0.29) is 0 Å². The van der Waals surface area contributed by atoms with Gasteiger partial charge in [0, 0.05) is 22.5 Å². The van der Waals surface area contributed by atoms with Crippen LogP contribution >= 0.6 is 23.1 Å². The van der Waals surface area contributed by atoms with Crippen LogP contribution in [0.25, 0.3) is 0 Å². The fraction of sp³-hybridized carbons (Fsp3) is 0.583. The molecule has 2 heterocycles. The average Bonchev–Trinajstić information content (AvgIpc) is 2.82. The Labute approximate surface area is 109 Å². The fourth-order valence-electron chi connectivity index (χ4n) is 1.90. The smallest absolute Gasteiger partial charge is 0.345 e. The van der Waals surface area contributed by atoms with Crippen LogP contribution in [0.5, 0.6) is 0 Å². The maximum Gasteiger partial charge on any atom is 0.345 e. The van der Waals surface area contributed by atoms with E-state index in [1.165, 1.54) is 11.3 Å². The molecule has 0 aromatic carbocycles. The summed E-state index contributed by atoms with van der Waals surface area (Å²) in [6, 6.07) is 1.80. The molecule has 1 saturated heterocycles. The summed E-state index contributed by atoms with van der Waals surface area (Å²) >= 11 is 3.23. The van der Waals surface area contributed by atoms with Crippen molar-refractivity contribution in [2.24, 2.45) is 0 Å². The standard InChI is InChI=1S/C12H16O3S2/c1-7-10(3-4-15-7)16-6-9-5-11(12(13)14)17-8(9)2/h5,7,10H,3-4,6H2,1-2H3,(H,13,14). The molecule has 0 radical (unpaired) electrons. The normalized spacial score (nSPS) is 24.1. The van der Waals surface area contributed by atoms with Crippen LogP contribution in [0.4, 0.5) is 0 Å². The molecule has 2 rings (SSSR count). The van der Waals surface area contributed by atoms with Crippen molar-refractivity contribution in [1.29, 1.82) is 0 Å². The monoisotopic (exact) mass is 272 g/mol. The van der Waals surface area contributed by atoms with Crippen molar-refractivity contribution in [3.63, 3.8) is 0 Å². The number of aromatic carboxylic acids is 1. The van der Waals surface area contributed by atoms with Gasteiger partial charge >= 0.3 is 5.97 Å². The minimum Gasteiger partial charge on any atom is -0.477 e. The van der Waals surface area contributed by atoms with E-state index in [9.17, 15) is 4.79 Å². The molecule has 1 aliphatic rings. The summed E-state index contributed by atoms with van der Waals surface area (Å²) in [5.41, 5.74) is 1.15. The summed E-state index contributed by atoms with van der Waals surface area (Å²) in [7, 11) is 0. The number of hydrogen-bond donors (Lipinski definition) is 1. The molecule has 0 saturated carbocycles. The van der Waals surface area contributed by atoms with Crippen LogP contribution < -0.4 is 0 Å². The number of carbonyl (C=O) groups is 1. The Bertz CT molecular complexity index is 414. The minimum atomic E-state index is -0.827. The zero-order valence-corrected chi connectivity index (χ0v) is 11.6. The summed E-state index contributed by atoms with van der Waals surface area (Å²) in [6.07, 6.45) is 1.42. The molecule has 0 spiro atoms. The maximum atomic E-state index is 10.9. The molecule has 2 atom stereocenters. The Hall–Kier alpha value is -0.520. The third-order valence-corrected chi connectivity index (χ3v) is 5.60. The zero-order chi connectivity index (χ0) is 12.4. The van der Waals surface area contributed by atoms with Crippen molar-refractivity contribution in [1.82, 2.24) is 0 Å². The molecule has 1 aromatic heterocycles. The number of carboxylic acid groups (broad SMARTS) is 1. The van der Waals surface area contributed by atoms with Crippen LogP contribution in [0.15, 0.2) is 6.07 Å². The van der Waals surface area contributed by atoms with Gasteiger partial charge in [0.1, 0.15) is 4.88 Å². The minimum absolute atomic E-state index is 0.317. The molecule has 0 amide bonds. The lowest BCUT2D eigenvalue weighted by Gasteiger charge is -2.12. The maximum absolute atomic E-state index is 10.9. The van der Waals surface area contributed by atoms with Crippen LogP contribution in [0.1, 0.15) is 33.5 Å². The van der Waals surface area contributed by atoms with E-state index in [1.54, 1.807) is 6.07 Å². The lowest BCUT2D eigenvalue weighted by molar-refractivity contribution is 0.0702. The number of thiophene rings is 1. The van der Waals surface area contributed by atoms with E-state index in [1.807, 2.05) is 18.7 Å². The van der Waals surface area contributed by atoms with Gasteiger partial charge in [-0.25, -0.2) is 4.79 Å². The number of hydrogen-bond acceptors (Lipinski definition) is 4. The number of rotatable bonds is 4. The molecular weight excluding hydrogens is 256 g/mol. The quantitative estimate of drug-likeness (QED) is 0.914. The lowest BCUT2D eigenvalue weighted by Crippen LogP contribution is -2.13. The first kappa shape index (κ1) is 12.9. The third-order valence-electron chi connectivity index (χ3n) is 2.99. The topological polar surface area (TPSA) is 46.5 Å². The predicted octanol–water partition coefficient (Wildman–Crippen LogP) is 3.17. The molecule has 5 heteroatoms. The molecule has 94 valence electrons. The molecule has 2 unspecified atom stereocenters. The van der Waals surface area contributed by atoms with Gasteiger partial charge in [0.15, 0.2) is 0 Å². The zero-order valence-electron chi connectivity index (χ0n) is 9.93. The second-order valence-corrected chi connectivity index (χ2v) is 6.70. The Balaban J connectivity index is 1.96. The van der Waals surface area contributed by atoms with Crippen molar-refractivity contribution < 1.29 is 14.6 Å². The molecule has 1 N–H and O–H groups in total. The molecular formula is C12H16O3S2. The Morgan fingerprint density at radius 2 is 2.47 bits per heavy atom. The highest BCUT2D eigenvalue weighted by Gasteiger charge is 2.24. The Morgan fingerprint density at radius 1 is 1.71 bits per heavy atom. The van der Waals surface area contributed by atoms with Crippen LogP contribution in [0.3, 0.4) is 0 Å². The average molecular weight is 272 g/mol.